The van der Waals surface area contributed by atoms with Crippen LogP contribution < -0.4 is 5.32 Å². The minimum absolute atomic E-state index is 0.00120. The van der Waals surface area contributed by atoms with Crippen molar-refractivity contribution in [1.29, 1.82) is 0 Å². The Bertz CT molecular complexity index is 328. The summed E-state index contributed by atoms with van der Waals surface area (Å²) in [6.45, 7) is 5.56. The highest BCUT2D eigenvalue weighted by Gasteiger charge is 2.54. The van der Waals surface area contributed by atoms with Crippen LogP contribution in [0.1, 0.15) is 26.7 Å². The first-order valence-corrected chi connectivity index (χ1v) is 6.27. The van der Waals surface area contributed by atoms with Crippen LogP contribution in [0.3, 0.4) is 0 Å². The quantitative estimate of drug-likeness (QED) is 0.696. The van der Waals surface area contributed by atoms with Gasteiger partial charge in [0.2, 0.25) is 11.8 Å². The molecule has 2 amide bonds. The van der Waals surface area contributed by atoms with Crippen LogP contribution in [-0.4, -0.2) is 48.6 Å². The second-order valence-electron chi connectivity index (χ2n) is 4.85. The molecule has 1 heterocycles. The van der Waals surface area contributed by atoms with E-state index >= 15 is 0 Å². The molecule has 0 aromatic carbocycles. The van der Waals surface area contributed by atoms with E-state index in [9.17, 15) is 9.59 Å². The molecule has 2 aliphatic rings. The summed E-state index contributed by atoms with van der Waals surface area (Å²) in [5, 5.41) is 2.69. The van der Waals surface area contributed by atoms with Gasteiger partial charge in [0, 0.05) is 13.2 Å². The van der Waals surface area contributed by atoms with E-state index in [4.69, 9.17) is 4.74 Å². The molecule has 1 saturated carbocycles. The fourth-order valence-corrected chi connectivity index (χ4v) is 2.52. The van der Waals surface area contributed by atoms with E-state index in [0.29, 0.717) is 25.7 Å². The van der Waals surface area contributed by atoms with Gasteiger partial charge in [0.1, 0.15) is 5.54 Å². The van der Waals surface area contributed by atoms with Crippen LogP contribution >= 0.6 is 0 Å². The predicted octanol–water partition coefficient (Wildman–Crippen LogP) is 0.150. The lowest BCUT2D eigenvalue weighted by molar-refractivity contribution is -0.155. The summed E-state index contributed by atoms with van der Waals surface area (Å²) in [5.74, 6) is 0.295. The van der Waals surface area contributed by atoms with E-state index in [1.54, 1.807) is 4.90 Å². The molecular formula is C12H20N2O3. The van der Waals surface area contributed by atoms with Crippen molar-refractivity contribution in [2.45, 2.75) is 32.2 Å². The largest absolute Gasteiger partial charge is 0.380 e. The number of ether oxygens (including phenoxy) is 1. The van der Waals surface area contributed by atoms with Crippen LogP contribution in [0.2, 0.25) is 0 Å². The van der Waals surface area contributed by atoms with Crippen LogP contribution in [0.4, 0.5) is 0 Å². The Morgan fingerprint density at radius 2 is 2.18 bits per heavy atom. The first-order valence-electron chi connectivity index (χ1n) is 6.27. The highest BCUT2D eigenvalue weighted by atomic mass is 16.5. The van der Waals surface area contributed by atoms with Crippen LogP contribution in [0.5, 0.6) is 0 Å². The molecular weight excluding hydrogens is 220 g/mol. The Balaban J connectivity index is 2.10. The molecule has 0 aromatic heterocycles. The van der Waals surface area contributed by atoms with Gasteiger partial charge >= 0.3 is 0 Å². The molecule has 5 nitrogen and oxygen atoms in total. The van der Waals surface area contributed by atoms with E-state index in [1.807, 2.05) is 13.8 Å². The van der Waals surface area contributed by atoms with Crippen molar-refractivity contribution in [3.05, 3.63) is 0 Å². The standard InChI is InChI=1S/C12H20N2O3/c1-3-17-7-6-14-10(15)8-13-11(16)12(14,2)9-4-5-9/h9H,3-8H2,1-2H3,(H,13,16). The zero-order chi connectivity index (χ0) is 12.5. The number of nitrogens with zero attached hydrogens (tertiary/aromatic N) is 1. The van der Waals surface area contributed by atoms with Gasteiger partial charge in [-0.1, -0.05) is 0 Å². The molecule has 1 N–H and O–H groups in total. The number of hydrogen-bond acceptors (Lipinski definition) is 3. The Kier molecular flexibility index (Phi) is 3.38. The molecule has 1 atom stereocenters. The lowest BCUT2D eigenvalue weighted by Crippen LogP contribution is -2.67. The van der Waals surface area contributed by atoms with Crippen molar-refractivity contribution in [3.63, 3.8) is 0 Å². The van der Waals surface area contributed by atoms with E-state index in [0.717, 1.165) is 12.8 Å². The van der Waals surface area contributed by atoms with Gasteiger partial charge in [-0.3, -0.25) is 9.59 Å². The van der Waals surface area contributed by atoms with Gasteiger partial charge in [-0.05, 0) is 32.6 Å². The van der Waals surface area contributed by atoms with Gasteiger partial charge in [0.05, 0.1) is 13.2 Å². The lowest BCUT2D eigenvalue weighted by Gasteiger charge is -2.43. The Hall–Kier alpha value is -1.10. The molecule has 2 fully saturated rings. The molecule has 17 heavy (non-hydrogen) atoms. The SMILES string of the molecule is CCOCCN1C(=O)CNC(=O)C1(C)C1CC1. The van der Waals surface area contributed by atoms with Gasteiger partial charge in [0.15, 0.2) is 0 Å². The summed E-state index contributed by atoms with van der Waals surface area (Å²) in [4.78, 5) is 25.7. The van der Waals surface area contributed by atoms with Crippen LogP contribution in [-0.2, 0) is 14.3 Å². The number of carbonyl (C=O) groups is 2. The summed E-state index contributed by atoms with van der Waals surface area (Å²) in [5.41, 5.74) is -0.660. The number of nitrogens with one attached hydrogen (secondary N) is 1. The minimum Gasteiger partial charge on any atom is -0.380 e. The van der Waals surface area contributed by atoms with Gasteiger partial charge in [-0.2, -0.15) is 0 Å². The molecule has 0 radical (unpaired) electrons. The normalized spacial score (nSPS) is 29.4. The summed E-state index contributed by atoms with van der Waals surface area (Å²) >= 11 is 0. The fourth-order valence-electron chi connectivity index (χ4n) is 2.52. The third kappa shape index (κ3) is 2.16. The Morgan fingerprint density at radius 1 is 1.47 bits per heavy atom. The number of carbonyl (C=O) groups excluding carboxylic acids is 2. The van der Waals surface area contributed by atoms with Crippen LogP contribution in [0, 0.1) is 5.92 Å². The predicted molar refractivity (Wildman–Crippen MR) is 62.3 cm³/mol. The lowest BCUT2D eigenvalue weighted by atomic mass is 9.90. The number of piperazine rings is 1. The third-order valence-electron chi connectivity index (χ3n) is 3.76. The van der Waals surface area contributed by atoms with Crippen molar-refractivity contribution in [3.8, 4) is 0 Å². The second kappa shape index (κ2) is 4.64. The first-order chi connectivity index (χ1) is 8.10. The molecule has 96 valence electrons. The van der Waals surface area contributed by atoms with Crippen molar-refractivity contribution >= 4 is 11.8 Å². The monoisotopic (exact) mass is 240 g/mol. The van der Waals surface area contributed by atoms with Crippen molar-refractivity contribution in [2.24, 2.45) is 5.92 Å². The van der Waals surface area contributed by atoms with Crippen LogP contribution in [0.25, 0.3) is 0 Å². The molecule has 5 heteroatoms. The molecule has 1 saturated heterocycles. The smallest absolute Gasteiger partial charge is 0.246 e. The first kappa shape index (κ1) is 12.4. The molecule has 0 aromatic rings. The van der Waals surface area contributed by atoms with E-state index < -0.39 is 5.54 Å². The highest BCUT2D eigenvalue weighted by Crippen LogP contribution is 2.44. The Labute approximate surface area is 101 Å². The van der Waals surface area contributed by atoms with Gasteiger partial charge in [-0.25, -0.2) is 0 Å². The van der Waals surface area contributed by atoms with Crippen molar-refractivity contribution < 1.29 is 14.3 Å². The van der Waals surface area contributed by atoms with Crippen LogP contribution in [0.15, 0.2) is 0 Å². The summed E-state index contributed by atoms with van der Waals surface area (Å²) in [6.07, 6.45) is 2.06. The molecule has 2 rings (SSSR count). The summed E-state index contributed by atoms with van der Waals surface area (Å²) in [6, 6.07) is 0. The molecule has 1 unspecified atom stereocenters. The number of hydrogen-bond donors (Lipinski definition) is 1. The van der Waals surface area contributed by atoms with Gasteiger partial charge in [0.25, 0.3) is 0 Å². The summed E-state index contributed by atoms with van der Waals surface area (Å²) in [7, 11) is 0. The van der Waals surface area contributed by atoms with E-state index in [-0.39, 0.29) is 18.4 Å². The second-order valence-corrected chi connectivity index (χ2v) is 4.85. The average Bonchev–Trinajstić information content (AvgIpc) is 3.13. The van der Waals surface area contributed by atoms with Gasteiger partial charge in [-0.15, -0.1) is 0 Å². The maximum absolute atomic E-state index is 12.0. The molecule has 0 spiro atoms. The Morgan fingerprint density at radius 3 is 2.76 bits per heavy atom. The molecule has 1 aliphatic heterocycles. The highest BCUT2D eigenvalue weighted by molar-refractivity contribution is 5.98. The maximum Gasteiger partial charge on any atom is 0.246 e. The fraction of sp³-hybridized carbons (Fsp3) is 0.833. The zero-order valence-electron chi connectivity index (χ0n) is 10.5. The van der Waals surface area contributed by atoms with Gasteiger partial charge < -0.3 is 15.0 Å². The van der Waals surface area contributed by atoms with E-state index in [2.05, 4.69) is 5.32 Å². The summed E-state index contributed by atoms with van der Waals surface area (Å²) < 4.78 is 5.29. The molecule has 0 bridgehead atoms. The molecule has 1 aliphatic carbocycles. The topological polar surface area (TPSA) is 58.6 Å². The average molecular weight is 240 g/mol. The minimum atomic E-state index is -0.660. The van der Waals surface area contributed by atoms with E-state index in [1.165, 1.54) is 0 Å². The third-order valence-corrected chi connectivity index (χ3v) is 3.76. The zero-order valence-corrected chi connectivity index (χ0v) is 10.5. The van der Waals surface area contributed by atoms with Crippen molar-refractivity contribution in [1.82, 2.24) is 10.2 Å². The maximum atomic E-state index is 12.0. The number of rotatable bonds is 5. The van der Waals surface area contributed by atoms with Crippen molar-refractivity contribution in [2.75, 3.05) is 26.3 Å². The number of amides is 2.